The Bertz CT molecular complexity index is 951. The molecule has 0 aliphatic rings. The van der Waals surface area contributed by atoms with Crippen molar-refractivity contribution in [3.8, 4) is 0 Å². The van der Waals surface area contributed by atoms with E-state index in [1.54, 1.807) is 0 Å². The van der Waals surface area contributed by atoms with Crippen LogP contribution in [0.2, 0.25) is 0 Å². The van der Waals surface area contributed by atoms with Crippen molar-refractivity contribution < 1.29 is 5.11 Å². The Kier molecular flexibility index (Phi) is 10.0. The first-order chi connectivity index (χ1) is 16.6. The van der Waals surface area contributed by atoms with E-state index >= 15 is 0 Å². The molecule has 180 valence electrons. The van der Waals surface area contributed by atoms with Gasteiger partial charge in [-0.05, 0) is 54.2 Å². The summed E-state index contributed by atoms with van der Waals surface area (Å²) >= 11 is 0. The third-order valence-corrected chi connectivity index (χ3v) is 5.85. The van der Waals surface area contributed by atoms with Gasteiger partial charge in [-0.1, -0.05) is 39.0 Å². The van der Waals surface area contributed by atoms with Gasteiger partial charge in [0.2, 0.25) is 0 Å². The van der Waals surface area contributed by atoms with Crippen molar-refractivity contribution in [3.05, 3.63) is 101 Å². The van der Waals surface area contributed by atoms with Crippen LogP contribution in [-0.4, -0.2) is 43.0 Å². The molecular weight excluding hydrogens is 422 g/mol. The van der Waals surface area contributed by atoms with Crippen LogP contribution in [0.3, 0.4) is 0 Å². The summed E-state index contributed by atoms with van der Waals surface area (Å²) in [5, 5.41) is 9.60. The Labute approximate surface area is 204 Å². The van der Waals surface area contributed by atoms with E-state index in [0.717, 1.165) is 36.3 Å². The van der Waals surface area contributed by atoms with Gasteiger partial charge < -0.3 is 14.9 Å². The topological polar surface area (TPSA) is 65.4 Å². The van der Waals surface area contributed by atoms with Gasteiger partial charge >= 0.3 is 0 Å². The lowest BCUT2D eigenvalue weighted by Gasteiger charge is -2.24. The highest BCUT2D eigenvalue weighted by molar-refractivity contribution is 5.17. The van der Waals surface area contributed by atoms with Crippen molar-refractivity contribution in [3.63, 3.8) is 0 Å². The number of pyridine rings is 3. The number of aromatic nitrogens is 3. The summed E-state index contributed by atoms with van der Waals surface area (Å²) in [5.41, 5.74) is 6.70. The molecule has 0 unspecified atom stereocenters. The van der Waals surface area contributed by atoms with Crippen LogP contribution < -0.4 is 0 Å². The normalized spacial score (nSPS) is 11.2. The highest BCUT2D eigenvalue weighted by atomic mass is 16.3. The predicted octanol–water partition coefficient (Wildman–Crippen LogP) is 4.53. The summed E-state index contributed by atoms with van der Waals surface area (Å²) in [7, 11) is 0. The molecule has 6 nitrogen and oxygen atoms in total. The molecule has 3 aromatic rings. The Morgan fingerprint density at radius 1 is 0.618 bits per heavy atom. The third kappa shape index (κ3) is 7.96. The van der Waals surface area contributed by atoms with E-state index in [4.69, 9.17) is 0 Å². The molecule has 0 amide bonds. The minimum absolute atomic E-state index is 0.0808. The van der Waals surface area contributed by atoms with Crippen LogP contribution in [-0.2, 0) is 38.9 Å². The molecular formula is C28H37N5O. The average Bonchev–Trinajstić information content (AvgIpc) is 2.88. The second-order valence-corrected chi connectivity index (χ2v) is 8.43. The van der Waals surface area contributed by atoms with E-state index in [9.17, 15) is 5.11 Å². The molecule has 3 aromatic heterocycles. The minimum atomic E-state index is 0.0808. The van der Waals surface area contributed by atoms with E-state index in [1.165, 1.54) is 16.7 Å². The molecule has 34 heavy (non-hydrogen) atoms. The molecule has 0 saturated carbocycles. The molecule has 3 heterocycles. The Morgan fingerprint density at radius 3 is 1.32 bits per heavy atom. The second kappa shape index (κ2) is 13.5. The zero-order chi connectivity index (χ0) is 24.2. The van der Waals surface area contributed by atoms with Crippen LogP contribution in [0, 0.1) is 0 Å². The standard InChI is InChI=1S/C28H37N5O/c1-4-23-7-10-26(29-17-23)20-32(15-16-34)13-14-33(21-27-11-8-24(5-2)18-30-27)22-28-12-9-25(6-3)19-31-28/h7-14,17-19,34H,4-6,15-16,20-22H2,1-3H3/b14-13+. The average molecular weight is 460 g/mol. The largest absolute Gasteiger partial charge is 0.395 e. The first kappa shape index (κ1) is 25.4. The molecule has 0 saturated heterocycles. The summed E-state index contributed by atoms with van der Waals surface area (Å²) in [6.07, 6.45) is 12.9. The molecule has 1 N–H and O–H groups in total. The smallest absolute Gasteiger partial charge is 0.0606 e. The monoisotopic (exact) mass is 459 g/mol. The summed E-state index contributed by atoms with van der Waals surface area (Å²) in [4.78, 5) is 18.2. The fourth-order valence-electron chi connectivity index (χ4n) is 3.58. The number of aryl methyl sites for hydroxylation is 3. The molecule has 0 aliphatic heterocycles. The first-order valence-corrected chi connectivity index (χ1v) is 12.2. The lowest BCUT2D eigenvalue weighted by molar-refractivity contribution is 0.228. The Morgan fingerprint density at radius 2 is 1.00 bits per heavy atom. The van der Waals surface area contributed by atoms with Gasteiger partial charge in [0.05, 0.1) is 43.3 Å². The zero-order valence-corrected chi connectivity index (χ0v) is 20.7. The number of rotatable bonds is 13. The highest BCUT2D eigenvalue weighted by Crippen LogP contribution is 2.12. The van der Waals surface area contributed by atoms with E-state index in [0.29, 0.717) is 26.2 Å². The number of aliphatic hydroxyl groups is 1. The van der Waals surface area contributed by atoms with Crippen LogP contribution >= 0.6 is 0 Å². The van der Waals surface area contributed by atoms with E-state index in [-0.39, 0.29) is 6.61 Å². The summed E-state index contributed by atoms with van der Waals surface area (Å²) in [5.74, 6) is 0. The van der Waals surface area contributed by atoms with Crippen molar-refractivity contribution >= 4 is 0 Å². The highest BCUT2D eigenvalue weighted by Gasteiger charge is 2.08. The van der Waals surface area contributed by atoms with E-state index in [2.05, 4.69) is 88.1 Å². The molecule has 0 radical (unpaired) electrons. The van der Waals surface area contributed by atoms with Crippen LogP contribution in [0.5, 0.6) is 0 Å². The van der Waals surface area contributed by atoms with Crippen LogP contribution in [0.4, 0.5) is 0 Å². The SMILES string of the molecule is CCc1ccc(CN(/C=C/N(Cc2ccc(CC)cn2)Cc2ccc(CC)cn2)CCO)nc1. The number of hydrogen-bond acceptors (Lipinski definition) is 6. The van der Waals surface area contributed by atoms with Crippen molar-refractivity contribution in [2.45, 2.75) is 59.7 Å². The Balaban J connectivity index is 1.76. The van der Waals surface area contributed by atoms with E-state index in [1.807, 2.05) is 24.8 Å². The van der Waals surface area contributed by atoms with Crippen molar-refractivity contribution in [2.24, 2.45) is 0 Å². The molecule has 0 aliphatic carbocycles. The molecule has 0 atom stereocenters. The molecule has 6 heteroatoms. The third-order valence-electron chi connectivity index (χ3n) is 5.85. The van der Waals surface area contributed by atoms with Crippen molar-refractivity contribution in [2.75, 3.05) is 13.2 Å². The van der Waals surface area contributed by atoms with Crippen LogP contribution in [0.25, 0.3) is 0 Å². The summed E-state index contributed by atoms with van der Waals surface area (Å²) < 4.78 is 0. The first-order valence-electron chi connectivity index (χ1n) is 12.2. The fourth-order valence-corrected chi connectivity index (χ4v) is 3.58. The number of aliphatic hydroxyl groups excluding tert-OH is 1. The van der Waals surface area contributed by atoms with Crippen molar-refractivity contribution in [1.82, 2.24) is 24.8 Å². The number of nitrogens with zero attached hydrogens (tertiary/aromatic N) is 5. The minimum Gasteiger partial charge on any atom is -0.395 e. The van der Waals surface area contributed by atoms with Gasteiger partial charge in [0, 0.05) is 37.5 Å². The van der Waals surface area contributed by atoms with Gasteiger partial charge in [-0.2, -0.15) is 0 Å². The van der Waals surface area contributed by atoms with Crippen molar-refractivity contribution in [1.29, 1.82) is 0 Å². The molecule has 0 spiro atoms. The van der Waals surface area contributed by atoms with Crippen LogP contribution in [0.15, 0.2) is 67.4 Å². The summed E-state index contributed by atoms with van der Waals surface area (Å²) in [6.45, 7) is 9.01. The molecule has 0 fully saturated rings. The summed E-state index contributed by atoms with van der Waals surface area (Å²) in [6, 6.07) is 12.7. The second-order valence-electron chi connectivity index (χ2n) is 8.43. The zero-order valence-electron chi connectivity index (χ0n) is 20.7. The number of hydrogen-bond donors (Lipinski definition) is 1. The maximum atomic E-state index is 9.60. The van der Waals surface area contributed by atoms with Gasteiger partial charge in [0.1, 0.15) is 0 Å². The van der Waals surface area contributed by atoms with Gasteiger partial charge in [-0.15, -0.1) is 0 Å². The maximum absolute atomic E-state index is 9.60. The van der Waals surface area contributed by atoms with Crippen LogP contribution in [0.1, 0.15) is 54.5 Å². The van der Waals surface area contributed by atoms with Gasteiger partial charge in [0.25, 0.3) is 0 Å². The van der Waals surface area contributed by atoms with Gasteiger partial charge in [0.15, 0.2) is 0 Å². The molecule has 0 bridgehead atoms. The van der Waals surface area contributed by atoms with E-state index < -0.39 is 0 Å². The fraction of sp³-hybridized carbons (Fsp3) is 0.393. The van der Waals surface area contributed by atoms with Gasteiger partial charge in [-0.3, -0.25) is 15.0 Å². The molecule has 3 rings (SSSR count). The Hall–Kier alpha value is -3.25. The maximum Gasteiger partial charge on any atom is 0.0606 e. The molecule has 0 aromatic carbocycles. The lowest BCUT2D eigenvalue weighted by Crippen LogP contribution is -2.24. The quantitative estimate of drug-likeness (QED) is 0.405. The lowest BCUT2D eigenvalue weighted by atomic mass is 10.2. The predicted molar refractivity (Wildman–Crippen MR) is 137 cm³/mol. The van der Waals surface area contributed by atoms with Gasteiger partial charge in [-0.25, -0.2) is 0 Å².